The van der Waals surface area contributed by atoms with Crippen LogP contribution in [0, 0.1) is 0 Å². The van der Waals surface area contributed by atoms with Crippen molar-refractivity contribution in [3.8, 4) is 0 Å². The largest absolute Gasteiger partial charge is 0.381 e. The lowest BCUT2D eigenvalue weighted by atomic mass is 10.1. The lowest BCUT2D eigenvalue weighted by Crippen LogP contribution is -2.09. The number of nitrogens with one attached hydrogen (secondary N) is 1. The number of nitrogens with zero attached hydrogens (tertiary/aromatic N) is 1. The number of aromatic nitrogens is 2. The lowest BCUT2D eigenvalue weighted by Gasteiger charge is -1.99. The number of hydrogen-bond acceptors (Lipinski definition) is 4. The molecular formula is C9H5FN2O3. The van der Waals surface area contributed by atoms with Crippen molar-refractivity contribution in [2.75, 3.05) is 0 Å². The molecule has 0 aliphatic rings. The molecule has 0 aliphatic heterocycles. The average molecular weight is 208 g/mol. The predicted molar refractivity (Wildman–Crippen MR) is 48.9 cm³/mol. The lowest BCUT2D eigenvalue weighted by molar-refractivity contribution is -0.0786. The molecule has 1 aromatic heterocycles. The Balaban J connectivity index is 2.83. The van der Waals surface area contributed by atoms with Gasteiger partial charge in [0.1, 0.15) is 0 Å². The minimum atomic E-state index is -1.17. The standard InChI is InChI=1S/C9H5FN2O3/c10-15-9(14)6-3-1-2-5-7(6)11-4-12-8(5)13/h1-4H,(H,11,12,13). The molecule has 15 heavy (non-hydrogen) atoms. The van der Waals surface area contributed by atoms with Gasteiger partial charge in [-0.05, 0) is 12.1 Å². The van der Waals surface area contributed by atoms with Crippen LogP contribution in [0.3, 0.4) is 0 Å². The van der Waals surface area contributed by atoms with Crippen molar-refractivity contribution in [1.82, 2.24) is 9.97 Å². The molecule has 0 bridgehead atoms. The summed E-state index contributed by atoms with van der Waals surface area (Å²) in [7, 11) is 0. The summed E-state index contributed by atoms with van der Waals surface area (Å²) in [6.07, 6.45) is 1.14. The topological polar surface area (TPSA) is 72.1 Å². The van der Waals surface area contributed by atoms with E-state index in [9.17, 15) is 14.1 Å². The van der Waals surface area contributed by atoms with Gasteiger partial charge in [0.15, 0.2) is 0 Å². The fraction of sp³-hybridized carbons (Fsp3) is 0. The first kappa shape index (κ1) is 9.32. The Kier molecular flexibility index (Phi) is 2.17. The van der Waals surface area contributed by atoms with Gasteiger partial charge in [0.2, 0.25) is 0 Å². The molecule has 2 rings (SSSR count). The molecule has 0 spiro atoms. The Morgan fingerprint density at radius 2 is 2.27 bits per heavy atom. The van der Waals surface area contributed by atoms with Crippen LogP contribution in [0.1, 0.15) is 10.4 Å². The molecule has 0 aliphatic carbocycles. The second-order valence-electron chi connectivity index (χ2n) is 2.80. The van der Waals surface area contributed by atoms with E-state index in [4.69, 9.17) is 0 Å². The summed E-state index contributed by atoms with van der Waals surface area (Å²) in [5, 5.41) is 0.209. The molecule has 0 radical (unpaired) electrons. The molecule has 0 atom stereocenters. The van der Waals surface area contributed by atoms with E-state index in [1.807, 2.05) is 0 Å². The van der Waals surface area contributed by atoms with Gasteiger partial charge >= 0.3 is 5.97 Å². The number of hydrogen-bond donors (Lipinski definition) is 1. The van der Waals surface area contributed by atoms with Crippen LogP contribution in [-0.2, 0) is 4.94 Å². The molecule has 1 heterocycles. The highest BCUT2D eigenvalue weighted by Crippen LogP contribution is 2.13. The third-order valence-corrected chi connectivity index (χ3v) is 1.96. The third-order valence-electron chi connectivity index (χ3n) is 1.96. The summed E-state index contributed by atoms with van der Waals surface area (Å²) in [5.74, 6) is -1.17. The first-order chi connectivity index (χ1) is 7.24. The van der Waals surface area contributed by atoms with Gasteiger partial charge < -0.3 is 4.98 Å². The second kappa shape index (κ2) is 3.49. The van der Waals surface area contributed by atoms with Crippen LogP contribution in [0.15, 0.2) is 29.3 Å². The van der Waals surface area contributed by atoms with E-state index in [2.05, 4.69) is 14.9 Å². The summed E-state index contributed by atoms with van der Waals surface area (Å²) in [6, 6.07) is 4.26. The van der Waals surface area contributed by atoms with E-state index in [0.717, 1.165) is 6.33 Å². The summed E-state index contributed by atoms with van der Waals surface area (Å²) >= 11 is 0. The molecule has 0 unspecified atom stereocenters. The number of H-pyrrole nitrogens is 1. The summed E-state index contributed by atoms with van der Waals surface area (Å²) in [4.78, 5) is 31.5. The van der Waals surface area contributed by atoms with E-state index in [1.54, 1.807) is 0 Å². The number of carbonyl (C=O) groups is 1. The zero-order chi connectivity index (χ0) is 10.8. The summed E-state index contributed by atoms with van der Waals surface area (Å²) in [6.45, 7) is 0. The average Bonchev–Trinajstić information content (AvgIpc) is 2.28. The van der Waals surface area contributed by atoms with E-state index in [0.29, 0.717) is 0 Å². The Morgan fingerprint density at radius 1 is 1.47 bits per heavy atom. The molecule has 0 saturated carbocycles. The van der Waals surface area contributed by atoms with Crippen molar-refractivity contribution in [2.24, 2.45) is 0 Å². The zero-order valence-corrected chi connectivity index (χ0v) is 7.36. The maximum atomic E-state index is 11.7. The Hall–Kier alpha value is -2.24. The smallest absolute Gasteiger partial charge is 0.313 e. The molecule has 76 valence electrons. The fourth-order valence-electron chi connectivity index (χ4n) is 1.31. The maximum Gasteiger partial charge on any atom is 0.381 e. The number of aromatic amines is 1. The molecule has 6 heteroatoms. The van der Waals surface area contributed by atoms with Gasteiger partial charge in [-0.25, -0.2) is 14.7 Å². The maximum absolute atomic E-state index is 11.7. The van der Waals surface area contributed by atoms with E-state index in [-0.39, 0.29) is 16.5 Å². The highest BCUT2D eigenvalue weighted by Gasteiger charge is 2.13. The monoisotopic (exact) mass is 208 g/mol. The summed E-state index contributed by atoms with van der Waals surface area (Å²) < 4.78 is 11.7. The molecule has 1 aromatic carbocycles. The van der Waals surface area contributed by atoms with Crippen LogP contribution in [0.25, 0.3) is 10.9 Å². The highest BCUT2D eigenvalue weighted by molar-refractivity contribution is 6.02. The quantitative estimate of drug-likeness (QED) is 0.757. The number of benzene rings is 1. The minimum Gasteiger partial charge on any atom is -0.313 e. The molecule has 5 nitrogen and oxygen atoms in total. The van der Waals surface area contributed by atoms with Gasteiger partial charge in [-0.2, -0.15) is 0 Å². The van der Waals surface area contributed by atoms with Crippen molar-refractivity contribution in [3.63, 3.8) is 0 Å². The van der Waals surface area contributed by atoms with Gasteiger partial charge in [0, 0.05) is 4.53 Å². The SMILES string of the molecule is O=C(OF)c1cccc2c(=O)[nH]cnc12. The van der Waals surface area contributed by atoms with Gasteiger partial charge in [-0.1, -0.05) is 6.07 Å². The number of fused-ring (bicyclic) bond motifs is 1. The third kappa shape index (κ3) is 1.45. The molecule has 0 amide bonds. The van der Waals surface area contributed by atoms with Crippen molar-refractivity contribution in [1.29, 1.82) is 0 Å². The van der Waals surface area contributed by atoms with Gasteiger partial charge in [0.25, 0.3) is 5.56 Å². The second-order valence-corrected chi connectivity index (χ2v) is 2.80. The van der Waals surface area contributed by atoms with Crippen LogP contribution in [-0.4, -0.2) is 15.9 Å². The normalized spacial score (nSPS) is 10.2. The van der Waals surface area contributed by atoms with E-state index in [1.165, 1.54) is 18.2 Å². The Morgan fingerprint density at radius 3 is 3.00 bits per heavy atom. The number of para-hydroxylation sites is 1. The van der Waals surface area contributed by atoms with E-state index >= 15 is 0 Å². The Bertz CT molecular complexity index is 579. The number of rotatable bonds is 1. The molecule has 1 N–H and O–H groups in total. The van der Waals surface area contributed by atoms with Crippen LogP contribution in [0.4, 0.5) is 4.53 Å². The highest BCUT2D eigenvalue weighted by atomic mass is 19.3. The molecular weight excluding hydrogens is 203 g/mol. The van der Waals surface area contributed by atoms with Crippen LogP contribution in [0.5, 0.6) is 0 Å². The van der Waals surface area contributed by atoms with Crippen LogP contribution in [0.2, 0.25) is 0 Å². The first-order valence-corrected chi connectivity index (χ1v) is 4.03. The zero-order valence-electron chi connectivity index (χ0n) is 7.36. The van der Waals surface area contributed by atoms with Crippen molar-refractivity contribution in [2.45, 2.75) is 0 Å². The summed E-state index contributed by atoms with van der Waals surface area (Å²) in [5.41, 5.74) is -0.362. The first-order valence-electron chi connectivity index (χ1n) is 4.03. The van der Waals surface area contributed by atoms with Crippen LogP contribution < -0.4 is 5.56 Å². The van der Waals surface area contributed by atoms with Crippen LogP contribution >= 0.6 is 0 Å². The van der Waals surface area contributed by atoms with Gasteiger partial charge in [-0.3, -0.25) is 4.79 Å². The van der Waals surface area contributed by atoms with Gasteiger partial charge in [0.05, 0.1) is 22.8 Å². The van der Waals surface area contributed by atoms with Crippen molar-refractivity contribution < 1.29 is 14.3 Å². The van der Waals surface area contributed by atoms with Gasteiger partial charge in [-0.15, -0.1) is 0 Å². The van der Waals surface area contributed by atoms with Crippen molar-refractivity contribution >= 4 is 16.9 Å². The minimum absolute atomic E-state index is 0.0823. The fourth-order valence-corrected chi connectivity index (χ4v) is 1.31. The Labute approximate surface area is 82.4 Å². The molecule has 0 fully saturated rings. The molecule has 2 aromatic rings. The number of halogens is 1. The van der Waals surface area contributed by atoms with E-state index < -0.39 is 11.5 Å². The predicted octanol–water partition coefficient (Wildman–Crippen LogP) is 0.964. The number of carbonyl (C=O) groups excluding carboxylic acids is 1. The van der Waals surface area contributed by atoms with Crippen molar-refractivity contribution in [3.05, 3.63) is 40.4 Å². The molecule has 0 saturated heterocycles.